The molecular formula is C20H21ClF3N3O3. The molecule has 0 unspecified atom stereocenters. The van der Waals surface area contributed by atoms with E-state index >= 15 is 0 Å². The molecule has 6 nitrogen and oxygen atoms in total. The van der Waals surface area contributed by atoms with Crippen molar-refractivity contribution in [3.05, 3.63) is 63.7 Å². The van der Waals surface area contributed by atoms with Crippen molar-refractivity contribution in [1.82, 2.24) is 5.48 Å². The van der Waals surface area contributed by atoms with Crippen molar-refractivity contribution in [2.24, 2.45) is 10.1 Å². The van der Waals surface area contributed by atoms with Crippen LogP contribution in [0.5, 0.6) is 5.75 Å². The minimum atomic E-state index is -4.79. The van der Waals surface area contributed by atoms with Crippen molar-refractivity contribution in [2.45, 2.75) is 26.8 Å². The second-order valence-corrected chi connectivity index (χ2v) is 6.53. The molecule has 0 spiro atoms. The van der Waals surface area contributed by atoms with E-state index in [2.05, 4.69) is 20.4 Å². The summed E-state index contributed by atoms with van der Waals surface area (Å²) in [6.07, 6.45) is -4.79. The molecule has 0 aliphatic heterocycles. The van der Waals surface area contributed by atoms with E-state index in [1.54, 1.807) is 14.0 Å². The number of halogens is 4. The SMILES string of the molecule is CN=C(NOC)c1cccc(C)c1CO/N=C(\C)c1ccc(OC(F)(F)F)cc1Cl. The molecule has 0 fully saturated rings. The average Bonchev–Trinajstić information content (AvgIpc) is 2.66. The molecule has 0 atom stereocenters. The highest BCUT2D eigenvalue weighted by molar-refractivity contribution is 6.34. The van der Waals surface area contributed by atoms with Gasteiger partial charge in [0.05, 0.1) is 17.8 Å². The van der Waals surface area contributed by atoms with Gasteiger partial charge >= 0.3 is 6.36 Å². The van der Waals surface area contributed by atoms with Crippen LogP contribution < -0.4 is 10.2 Å². The highest BCUT2D eigenvalue weighted by atomic mass is 35.5. The maximum Gasteiger partial charge on any atom is 0.573 e. The van der Waals surface area contributed by atoms with Crippen LogP contribution >= 0.6 is 11.6 Å². The summed E-state index contributed by atoms with van der Waals surface area (Å²) in [4.78, 5) is 14.6. The lowest BCUT2D eigenvalue weighted by atomic mass is 10.0. The van der Waals surface area contributed by atoms with Crippen LogP contribution in [0.4, 0.5) is 13.2 Å². The van der Waals surface area contributed by atoms with Gasteiger partial charge in [-0.1, -0.05) is 35.0 Å². The maximum absolute atomic E-state index is 12.3. The van der Waals surface area contributed by atoms with Gasteiger partial charge in [0.25, 0.3) is 0 Å². The van der Waals surface area contributed by atoms with Gasteiger partial charge in [-0.2, -0.15) is 0 Å². The molecule has 2 aromatic rings. The van der Waals surface area contributed by atoms with E-state index in [0.717, 1.165) is 28.8 Å². The number of aryl methyl sites for hydroxylation is 1. The zero-order valence-corrected chi connectivity index (χ0v) is 17.6. The molecule has 30 heavy (non-hydrogen) atoms. The predicted molar refractivity (Wildman–Crippen MR) is 109 cm³/mol. The topological polar surface area (TPSA) is 64.4 Å². The standard InChI is InChI=1S/C20H21ClF3N3O3/c1-12-6-5-7-16(19(25-3)27-28-4)17(12)11-29-26-13(2)15-9-8-14(10-18(15)21)30-20(22,23)24/h5-10H,11H2,1-4H3,(H,25,27)/b26-13+. The molecule has 0 saturated heterocycles. The summed E-state index contributed by atoms with van der Waals surface area (Å²) in [6, 6.07) is 9.30. The fraction of sp³-hybridized carbons (Fsp3) is 0.300. The number of alkyl halides is 3. The number of oxime groups is 1. The molecule has 0 aromatic heterocycles. The Morgan fingerprint density at radius 3 is 2.50 bits per heavy atom. The first-order valence-electron chi connectivity index (χ1n) is 8.73. The van der Waals surface area contributed by atoms with Gasteiger partial charge < -0.3 is 9.57 Å². The molecule has 0 heterocycles. The minimum absolute atomic E-state index is 0.0582. The average molecular weight is 444 g/mol. The number of nitrogens with zero attached hydrogens (tertiary/aromatic N) is 2. The third-order valence-electron chi connectivity index (χ3n) is 4.06. The number of hydrogen-bond acceptors (Lipinski definition) is 5. The van der Waals surface area contributed by atoms with E-state index in [-0.39, 0.29) is 11.6 Å². The Bertz CT molecular complexity index is 947. The molecule has 0 saturated carbocycles. The summed E-state index contributed by atoms with van der Waals surface area (Å²) in [7, 11) is 3.12. The molecule has 0 amide bonds. The van der Waals surface area contributed by atoms with Crippen molar-refractivity contribution in [2.75, 3.05) is 14.2 Å². The quantitative estimate of drug-likeness (QED) is 0.371. The molecule has 162 valence electrons. The number of rotatable bonds is 7. The molecule has 2 aromatic carbocycles. The van der Waals surface area contributed by atoms with Crippen molar-refractivity contribution in [3.63, 3.8) is 0 Å². The zero-order chi connectivity index (χ0) is 22.3. The van der Waals surface area contributed by atoms with Crippen molar-refractivity contribution in [1.29, 1.82) is 0 Å². The van der Waals surface area contributed by atoms with Crippen LogP contribution in [0.25, 0.3) is 0 Å². The molecule has 0 bridgehead atoms. The molecular weight excluding hydrogens is 423 g/mol. The van der Waals surface area contributed by atoms with Gasteiger partial charge in [-0.3, -0.25) is 9.83 Å². The number of benzene rings is 2. The minimum Gasteiger partial charge on any atom is -0.406 e. The Hall–Kier alpha value is -2.78. The number of nitrogens with one attached hydrogen (secondary N) is 1. The van der Waals surface area contributed by atoms with E-state index in [1.165, 1.54) is 13.2 Å². The van der Waals surface area contributed by atoms with E-state index < -0.39 is 12.1 Å². The first kappa shape index (κ1) is 23.5. The van der Waals surface area contributed by atoms with Crippen LogP contribution in [-0.2, 0) is 16.3 Å². The van der Waals surface area contributed by atoms with Crippen molar-refractivity contribution < 1.29 is 27.6 Å². The maximum atomic E-state index is 12.3. The fourth-order valence-electron chi connectivity index (χ4n) is 2.66. The summed E-state index contributed by atoms with van der Waals surface area (Å²) >= 11 is 6.07. The molecule has 0 radical (unpaired) electrons. The van der Waals surface area contributed by atoms with Crippen molar-refractivity contribution in [3.8, 4) is 5.75 Å². The monoisotopic (exact) mass is 443 g/mol. The Kier molecular flexibility index (Phi) is 8.08. The van der Waals surface area contributed by atoms with Gasteiger partial charge in [-0.25, -0.2) is 5.48 Å². The van der Waals surface area contributed by atoms with E-state index in [0.29, 0.717) is 17.1 Å². The van der Waals surface area contributed by atoms with Crippen LogP contribution in [0.3, 0.4) is 0 Å². The lowest BCUT2D eigenvalue weighted by molar-refractivity contribution is -0.274. The van der Waals surface area contributed by atoms with Crippen molar-refractivity contribution >= 4 is 23.1 Å². The van der Waals surface area contributed by atoms with Gasteiger partial charge in [-0.15, -0.1) is 13.2 Å². The Morgan fingerprint density at radius 1 is 1.17 bits per heavy atom. The Balaban J connectivity index is 2.18. The third-order valence-corrected chi connectivity index (χ3v) is 4.37. The second kappa shape index (κ2) is 10.3. The van der Waals surface area contributed by atoms with Gasteiger partial charge in [0.15, 0.2) is 5.84 Å². The van der Waals surface area contributed by atoms with Crippen LogP contribution in [-0.4, -0.2) is 32.1 Å². The summed E-state index contributed by atoms with van der Waals surface area (Å²) in [5, 5.41) is 4.10. The van der Waals surface area contributed by atoms with Crippen LogP contribution in [0.1, 0.15) is 29.2 Å². The molecule has 0 aliphatic rings. The second-order valence-electron chi connectivity index (χ2n) is 6.12. The van der Waals surface area contributed by atoms with E-state index in [4.69, 9.17) is 21.3 Å². The first-order valence-corrected chi connectivity index (χ1v) is 9.11. The highest BCUT2D eigenvalue weighted by Crippen LogP contribution is 2.28. The number of hydrogen-bond donors (Lipinski definition) is 1. The largest absolute Gasteiger partial charge is 0.573 e. The number of aliphatic imine (C=N–C) groups is 1. The number of ether oxygens (including phenoxy) is 1. The van der Waals surface area contributed by atoms with E-state index in [9.17, 15) is 13.2 Å². The van der Waals surface area contributed by atoms with E-state index in [1.807, 2.05) is 25.1 Å². The zero-order valence-electron chi connectivity index (χ0n) is 16.8. The van der Waals surface area contributed by atoms with Gasteiger partial charge in [0, 0.05) is 23.7 Å². The summed E-state index contributed by atoms with van der Waals surface area (Å²) in [6.45, 7) is 3.70. The summed E-state index contributed by atoms with van der Waals surface area (Å²) in [5.74, 6) is 0.121. The summed E-state index contributed by atoms with van der Waals surface area (Å²) < 4.78 is 40.8. The van der Waals surface area contributed by atoms with Gasteiger partial charge in [0.2, 0.25) is 0 Å². The number of hydroxylamine groups is 1. The van der Waals surface area contributed by atoms with Gasteiger partial charge in [-0.05, 0) is 37.6 Å². The van der Waals surface area contributed by atoms with Crippen LogP contribution in [0.2, 0.25) is 5.02 Å². The fourth-order valence-corrected chi connectivity index (χ4v) is 2.97. The van der Waals surface area contributed by atoms with Crippen LogP contribution in [0, 0.1) is 6.92 Å². The molecule has 10 heteroatoms. The highest BCUT2D eigenvalue weighted by Gasteiger charge is 2.31. The van der Waals surface area contributed by atoms with Crippen LogP contribution in [0.15, 0.2) is 46.5 Å². The normalized spacial score (nSPS) is 12.7. The number of amidine groups is 1. The molecule has 1 N–H and O–H groups in total. The Labute approximate surface area is 177 Å². The smallest absolute Gasteiger partial charge is 0.406 e. The first-order chi connectivity index (χ1) is 14.2. The van der Waals surface area contributed by atoms with Gasteiger partial charge in [0.1, 0.15) is 12.4 Å². The Morgan fingerprint density at radius 2 is 1.90 bits per heavy atom. The lowest BCUT2D eigenvalue weighted by Crippen LogP contribution is -2.24. The molecule has 2 rings (SSSR count). The molecule has 0 aliphatic carbocycles. The predicted octanol–water partition coefficient (Wildman–Crippen LogP) is 5.02. The summed E-state index contributed by atoms with van der Waals surface area (Å²) in [5.41, 5.74) is 6.14. The lowest BCUT2D eigenvalue weighted by Gasteiger charge is -2.14. The third kappa shape index (κ3) is 6.36.